The van der Waals surface area contributed by atoms with Gasteiger partial charge in [0, 0.05) is 38.4 Å². The Morgan fingerprint density at radius 3 is 2.59 bits per heavy atom. The molecule has 0 N–H and O–H groups in total. The summed E-state index contributed by atoms with van der Waals surface area (Å²) in [4.78, 5) is 27.5. The van der Waals surface area contributed by atoms with Gasteiger partial charge in [-0.3, -0.25) is 19.4 Å². The maximum absolute atomic E-state index is 11.8. The highest BCUT2D eigenvalue weighted by Crippen LogP contribution is 2.34. The molecule has 1 unspecified atom stereocenters. The summed E-state index contributed by atoms with van der Waals surface area (Å²) in [5.41, 5.74) is 3.79. The van der Waals surface area contributed by atoms with Crippen LogP contribution in [0, 0.1) is 5.92 Å². The Bertz CT molecular complexity index is 1110. The molecule has 0 radical (unpaired) electrons. The average Bonchev–Trinajstić information content (AvgIpc) is 3.51. The molecule has 5 rings (SSSR count). The predicted molar refractivity (Wildman–Crippen MR) is 144 cm³/mol. The van der Waals surface area contributed by atoms with Crippen LogP contribution in [-0.4, -0.2) is 47.9 Å². The summed E-state index contributed by atoms with van der Waals surface area (Å²) in [6.45, 7) is 5.46. The van der Waals surface area contributed by atoms with Gasteiger partial charge in [-0.25, -0.2) is 0 Å². The van der Waals surface area contributed by atoms with E-state index in [0.717, 1.165) is 43.3 Å². The van der Waals surface area contributed by atoms with Crippen molar-refractivity contribution in [3.05, 3.63) is 58.1 Å². The third-order valence-electron chi connectivity index (χ3n) is 8.07. The second-order valence-corrected chi connectivity index (χ2v) is 11.0. The number of halogens is 1. The van der Waals surface area contributed by atoms with E-state index in [4.69, 9.17) is 21.1 Å². The molecule has 2 aromatic rings. The number of carbonyl (C=O) groups is 2. The first-order chi connectivity index (χ1) is 18.0. The second-order valence-electron chi connectivity index (χ2n) is 10.6. The van der Waals surface area contributed by atoms with E-state index in [1.54, 1.807) is 0 Å². The summed E-state index contributed by atoms with van der Waals surface area (Å²) in [7, 11) is 0. The molecule has 2 fully saturated rings. The van der Waals surface area contributed by atoms with Crippen molar-refractivity contribution in [1.82, 2.24) is 9.80 Å². The van der Waals surface area contributed by atoms with E-state index >= 15 is 0 Å². The molecule has 3 aliphatic rings. The molecule has 2 heterocycles. The number of hydrogen-bond acceptors (Lipinski definition) is 5. The van der Waals surface area contributed by atoms with Crippen LogP contribution in [0.2, 0.25) is 5.02 Å². The fourth-order valence-corrected chi connectivity index (χ4v) is 6.11. The molecule has 1 saturated heterocycles. The van der Waals surface area contributed by atoms with E-state index in [1.165, 1.54) is 48.1 Å². The van der Waals surface area contributed by atoms with Crippen molar-refractivity contribution in [1.29, 1.82) is 0 Å². The molecule has 6 nitrogen and oxygen atoms in total. The van der Waals surface area contributed by atoms with Crippen LogP contribution in [0.5, 0.6) is 11.5 Å². The van der Waals surface area contributed by atoms with Gasteiger partial charge in [0.25, 0.3) is 0 Å². The lowest BCUT2D eigenvalue weighted by Crippen LogP contribution is -2.33. The molecule has 2 aromatic carbocycles. The van der Waals surface area contributed by atoms with Crippen molar-refractivity contribution >= 4 is 23.4 Å². The number of ether oxygens (including phenoxy) is 2. The highest BCUT2D eigenvalue weighted by Gasteiger charge is 2.28. The highest BCUT2D eigenvalue weighted by molar-refractivity contribution is 6.32. The molecule has 1 aliphatic carbocycles. The molecule has 0 bridgehead atoms. The lowest BCUT2D eigenvalue weighted by atomic mass is 9.88. The van der Waals surface area contributed by atoms with Crippen molar-refractivity contribution in [2.75, 3.05) is 26.3 Å². The Morgan fingerprint density at radius 2 is 1.84 bits per heavy atom. The van der Waals surface area contributed by atoms with Gasteiger partial charge in [-0.15, -0.1) is 0 Å². The van der Waals surface area contributed by atoms with E-state index in [1.807, 2.05) is 12.1 Å². The molecule has 0 aromatic heterocycles. The zero-order chi connectivity index (χ0) is 25.8. The maximum Gasteiger partial charge on any atom is 0.229 e. The van der Waals surface area contributed by atoms with Crippen LogP contribution in [0.25, 0.3) is 0 Å². The summed E-state index contributed by atoms with van der Waals surface area (Å²) >= 11 is 6.61. The Kier molecular flexibility index (Phi) is 8.36. The van der Waals surface area contributed by atoms with Crippen LogP contribution in [0.4, 0.5) is 0 Å². The Morgan fingerprint density at radius 1 is 1.05 bits per heavy atom. The van der Waals surface area contributed by atoms with Crippen molar-refractivity contribution < 1.29 is 19.1 Å². The van der Waals surface area contributed by atoms with Gasteiger partial charge in [0.2, 0.25) is 11.8 Å². The molecule has 198 valence electrons. The number of imide groups is 1. The summed E-state index contributed by atoms with van der Waals surface area (Å²) in [5, 5.41) is 0.552. The van der Waals surface area contributed by atoms with E-state index in [-0.39, 0.29) is 31.0 Å². The van der Waals surface area contributed by atoms with Crippen LogP contribution >= 0.6 is 11.6 Å². The number of amides is 2. The minimum atomic E-state index is -0.127. The SMILES string of the molecule is CC(c1ccc2c(c1)CCO2)N(Cc1ccc(OCCN2C(=O)CCC2=O)c(Cl)c1)CC1CCCCC1. The average molecular weight is 525 g/mol. The van der Waals surface area contributed by atoms with Crippen molar-refractivity contribution in [3.8, 4) is 11.5 Å². The van der Waals surface area contributed by atoms with Gasteiger partial charge in [-0.2, -0.15) is 0 Å². The second kappa shape index (κ2) is 11.9. The molecule has 2 amide bonds. The normalized spacial score (nSPS) is 18.8. The molecule has 2 aliphatic heterocycles. The first-order valence-corrected chi connectivity index (χ1v) is 14.1. The predicted octanol–water partition coefficient (Wildman–Crippen LogP) is 5.95. The van der Waals surface area contributed by atoms with E-state index in [9.17, 15) is 9.59 Å². The van der Waals surface area contributed by atoms with E-state index in [2.05, 4.69) is 36.1 Å². The van der Waals surface area contributed by atoms with E-state index < -0.39 is 0 Å². The first kappa shape index (κ1) is 26.1. The molecular formula is C30H37ClN2O4. The number of fused-ring (bicyclic) bond motifs is 1. The van der Waals surface area contributed by atoms with Crippen LogP contribution in [0.15, 0.2) is 36.4 Å². The van der Waals surface area contributed by atoms with Crippen molar-refractivity contribution in [2.45, 2.75) is 70.9 Å². The fourth-order valence-electron chi connectivity index (χ4n) is 5.85. The van der Waals surface area contributed by atoms with E-state index in [0.29, 0.717) is 23.6 Å². The summed E-state index contributed by atoms with van der Waals surface area (Å²) in [6.07, 6.45) is 8.19. The number of carbonyl (C=O) groups excluding carboxylic acids is 2. The first-order valence-electron chi connectivity index (χ1n) is 13.7. The quantitative estimate of drug-likeness (QED) is 0.360. The monoisotopic (exact) mass is 524 g/mol. The Balaban J connectivity index is 1.26. The molecule has 7 heteroatoms. The van der Waals surface area contributed by atoms with Crippen LogP contribution in [0.1, 0.15) is 74.6 Å². The van der Waals surface area contributed by atoms with Crippen LogP contribution < -0.4 is 9.47 Å². The van der Waals surface area contributed by atoms with Gasteiger partial charge in [-0.05, 0) is 60.6 Å². The van der Waals surface area contributed by atoms with Gasteiger partial charge in [-0.1, -0.05) is 49.1 Å². The molecule has 0 spiro atoms. The molecular weight excluding hydrogens is 488 g/mol. The van der Waals surface area contributed by atoms with Gasteiger partial charge >= 0.3 is 0 Å². The minimum absolute atomic E-state index is 0.127. The van der Waals surface area contributed by atoms with Crippen LogP contribution in [-0.2, 0) is 22.6 Å². The standard InChI is InChI=1S/C30H37ClN2O4/c1-21(24-8-10-27-25(18-24)13-15-36-27)32(19-22-5-3-2-4-6-22)20-23-7-9-28(26(31)17-23)37-16-14-33-29(34)11-12-30(33)35/h7-10,17-18,21-22H,2-6,11-16,19-20H2,1H3. The number of hydrogen-bond donors (Lipinski definition) is 0. The lowest BCUT2D eigenvalue weighted by Gasteiger charge is -2.34. The Hall–Kier alpha value is -2.57. The Labute approximate surface area is 224 Å². The fraction of sp³-hybridized carbons (Fsp3) is 0.533. The number of benzene rings is 2. The zero-order valence-corrected chi connectivity index (χ0v) is 22.5. The summed E-state index contributed by atoms with van der Waals surface area (Å²) in [6, 6.07) is 12.9. The number of likely N-dealkylation sites (tertiary alicyclic amines) is 1. The van der Waals surface area contributed by atoms with Gasteiger partial charge in [0.15, 0.2) is 0 Å². The van der Waals surface area contributed by atoms with Crippen LogP contribution in [0.3, 0.4) is 0 Å². The maximum atomic E-state index is 11.8. The summed E-state index contributed by atoms with van der Waals surface area (Å²) in [5.74, 6) is 2.07. The molecule has 37 heavy (non-hydrogen) atoms. The number of rotatable bonds is 10. The van der Waals surface area contributed by atoms with Crippen molar-refractivity contribution in [2.24, 2.45) is 5.92 Å². The number of nitrogens with zero attached hydrogens (tertiary/aromatic N) is 2. The molecule has 1 saturated carbocycles. The smallest absolute Gasteiger partial charge is 0.229 e. The van der Waals surface area contributed by atoms with Crippen molar-refractivity contribution in [3.63, 3.8) is 0 Å². The zero-order valence-electron chi connectivity index (χ0n) is 21.7. The third kappa shape index (κ3) is 6.29. The minimum Gasteiger partial charge on any atom is -0.493 e. The topological polar surface area (TPSA) is 59.1 Å². The summed E-state index contributed by atoms with van der Waals surface area (Å²) < 4.78 is 11.6. The largest absolute Gasteiger partial charge is 0.493 e. The third-order valence-corrected chi connectivity index (χ3v) is 8.37. The van der Waals surface area contributed by atoms with Gasteiger partial charge in [0.1, 0.15) is 18.1 Å². The van der Waals surface area contributed by atoms with Gasteiger partial charge in [0.05, 0.1) is 18.2 Å². The van der Waals surface area contributed by atoms with Gasteiger partial charge < -0.3 is 9.47 Å². The highest BCUT2D eigenvalue weighted by atomic mass is 35.5. The molecule has 1 atom stereocenters. The lowest BCUT2D eigenvalue weighted by molar-refractivity contribution is -0.138.